The Morgan fingerprint density at radius 2 is 1.82 bits per heavy atom. The van der Waals surface area contributed by atoms with E-state index in [0.29, 0.717) is 5.92 Å². The van der Waals surface area contributed by atoms with Gasteiger partial charge in [0.05, 0.1) is 7.11 Å². The Morgan fingerprint density at radius 1 is 1.27 bits per heavy atom. The van der Waals surface area contributed by atoms with Gasteiger partial charge < -0.3 is 9.64 Å². The lowest BCUT2D eigenvalue weighted by Crippen LogP contribution is -2.62. The normalized spacial score (nSPS) is 20.5. The second kappa shape index (κ2) is 5.29. The van der Waals surface area contributed by atoms with E-state index in [0.717, 1.165) is 6.42 Å². The largest absolute Gasteiger partial charge is 0.467 e. The van der Waals surface area contributed by atoms with Gasteiger partial charge in [-0.15, -0.1) is 0 Å². The molecule has 0 bridgehead atoms. The Morgan fingerprint density at radius 3 is 2.36 bits per heavy atom. The molecule has 1 unspecified atom stereocenters. The Balaban J connectivity index is 2.70. The van der Waals surface area contributed by atoms with Crippen LogP contribution in [0, 0.1) is 13.8 Å². The van der Waals surface area contributed by atoms with Gasteiger partial charge in [-0.1, -0.05) is 13.0 Å². The van der Waals surface area contributed by atoms with Crippen LogP contribution in [0.3, 0.4) is 0 Å². The van der Waals surface area contributed by atoms with Crippen LogP contribution >= 0.6 is 0 Å². The molecule has 0 aliphatic carbocycles. The molecular formula is C19H29NO2. The van der Waals surface area contributed by atoms with E-state index in [1.165, 1.54) is 29.5 Å². The SMILES string of the molecule is COC(=O)C(C)(C)N1c2cc(C)c(C)cc2C(C)CC1(C)C. The van der Waals surface area contributed by atoms with Gasteiger partial charge in [-0.25, -0.2) is 4.79 Å². The van der Waals surface area contributed by atoms with Crippen molar-refractivity contribution in [2.24, 2.45) is 0 Å². The fraction of sp³-hybridized carbons (Fsp3) is 0.632. The molecule has 0 amide bonds. The molecule has 3 heteroatoms. The van der Waals surface area contributed by atoms with Gasteiger partial charge in [0.25, 0.3) is 0 Å². The maximum absolute atomic E-state index is 12.4. The number of benzene rings is 1. The summed E-state index contributed by atoms with van der Waals surface area (Å²) in [6, 6.07) is 4.51. The lowest BCUT2D eigenvalue weighted by atomic mass is 9.76. The molecule has 0 spiro atoms. The Labute approximate surface area is 134 Å². The number of carbonyl (C=O) groups excluding carboxylic acids is 1. The van der Waals surface area contributed by atoms with Crippen LogP contribution in [0.25, 0.3) is 0 Å². The highest BCUT2D eigenvalue weighted by Gasteiger charge is 2.47. The van der Waals surface area contributed by atoms with Crippen LogP contribution in [0.4, 0.5) is 5.69 Å². The minimum absolute atomic E-state index is 0.105. The smallest absolute Gasteiger partial charge is 0.331 e. The maximum atomic E-state index is 12.4. The van der Waals surface area contributed by atoms with E-state index in [1.807, 2.05) is 13.8 Å². The van der Waals surface area contributed by atoms with Gasteiger partial charge in [0.2, 0.25) is 0 Å². The van der Waals surface area contributed by atoms with Crippen LogP contribution in [0.15, 0.2) is 12.1 Å². The van der Waals surface area contributed by atoms with Crippen molar-refractivity contribution in [3.63, 3.8) is 0 Å². The van der Waals surface area contributed by atoms with Crippen LogP contribution in [-0.4, -0.2) is 24.2 Å². The Bertz CT molecular complexity index is 602. The predicted octanol–water partition coefficient (Wildman–Crippen LogP) is 4.35. The summed E-state index contributed by atoms with van der Waals surface area (Å²) in [5.74, 6) is 0.285. The third-order valence-electron chi connectivity index (χ3n) is 5.07. The third-order valence-corrected chi connectivity index (χ3v) is 5.07. The molecule has 0 radical (unpaired) electrons. The molecule has 1 heterocycles. The second-order valence-electron chi connectivity index (χ2n) is 7.80. The zero-order chi connectivity index (χ0) is 16.9. The summed E-state index contributed by atoms with van der Waals surface area (Å²) >= 11 is 0. The molecular weight excluding hydrogens is 274 g/mol. The van der Waals surface area contributed by atoms with Gasteiger partial charge >= 0.3 is 5.97 Å². The lowest BCUT2D eigenvalue weighted by molar-refractivity contribution is -0.146. The van der Waals surface area contributed by atoms with Crippen LogP contribution < -0.4 is 4.90 Å². The summed E-state index contributed by atoms with van der Waals surface area (Å²) in [7, 11) is 1.46. The number of fused-ring (bicyclic) bond motifs is 1. The van der Waals surface area contributed by atoms with Gasteiger partial charge in [-0.2, -0.15) is 0 Å². The first-order valence-corrected chi connectivity index (χ1v) is 8.02. The summed E-state index contributed by atoms with van der Waals surface area (Å²) < 4.78 is 5.08. The molecule has 2 rings (SSSR count). The first-order chi connectivity index (χ1) is 10.0. The van der Waals surface area contributed by atoms with Crippen molar-refractivity contribution < 1.29 is 9.53 Å². The van der Waals surface area contributed by atoms with Gasteiger partial charge in [0, 0.05) is 11.2 Å². The lowest BCUT2D eigenvalue weighted by Gasteiger charge is -2.53. The average Bonchev–Trinajstić information content (AvgIpc) is 2.39. The van der Waals surface area contributed by atoms with Crippen LogP contribution in [0.1, 0.15) is 63.6 Å². The molecule has 1 atom stereocenters. The van der Waals surface area contributed by atoms with Gasteiger partial charge in [0.15, 0.2) is 0 Å². The number of ether oxygens (including phenoxy) is 1. The minimum atomic E-state index is -0.700. The monoisotopic (exact) mass is 303 g/mol. The topological polar surface area (TPSA) is 29.5 Å². The van der Waals surface area contributed by atoms with E-state index >= 15 is 0 Å². The second-order valence-corrected chi connectivity index (χ2v) is 7.80. The van der Waals surface area contributed by atoms with Crippen molar-refractivity contribution in [1.82, 2.24) is 0 Å². The van der Waals surface area contributed by atoms with Crippen molar-refractivity contribution in [2.75, 3.05) is 12.0 Å². The molecule has 0 saturated heterocycles. The zero-order valence-electron chi connectivity index (χ0n) is 15.2. The standard InChI is InChI=1S/C19H29NO2/c1-12-9-15-14(3)11-18(4,5)20(16(15)10-13(12)2)19(6,7)17(21)22-8/h9-10,14H,11H2,1-8H3. The molecule has 1 aromatic carbocycles. The first-order valence-electron chi connectivity index (χ1n) is 8.02. The number of aryl methyl sites for hydroxylation is 2. The number of hydrogen-bond donors (Lipinski definition) is 0. The van der Waals surface area contributed by atoms with E-state index in [2.05, 4.69) is 51.7 Å². The van der Waals surface area contributed by atoms with Crippen LogP contribution in [-0.2, 0) is 9.53 Å². The molecule has 0 fully saturated rings. The maximum Gasteiger partial charge on any atom is 0.331 e. The highest BCUT2D eigenvalue weighted by Crippen LogP contribution is 2.47. The highest BCUT2D eigenvalue weighted by atomic mass is 16.5. The highest BCUT2D eigenvalue weighted by molar-refractivity contribution is 5.86. The quantitative estimate of drug-likeness (QED) is 0.761. The van der Waals surface area contributed by atoms with Crippen molar-refractivity contribution in [3.05, 3.63) is 28.8 Å². The van der Waals surface area contributed by atoms with Crippen molar-refractivity contribution in [2.45, 2.75) is 71.9 Å². The number of esters is 1. The van der Waals surface area contributed by atoms with Gasteiger partial charge in [-0.05, 0) is 76.6 Å². The summed E-state index contributed by atoms with van der Waals surface area (Å²) in [6.45, 7) is 14.9. The van der Waals surface area contributed by atoms with Crippen LogP contribution in [0.5, 0.6) is 0 Å². The first kappa shape index (κ1) is 16.9. The van der Waals surface area contributed by atoms with E-state index in [9.17, 15) is 4.79 Å². The molecule has 1 aliphatic rings. The van der Waals surface area contributed by atoms with Gasteiger partial charge in [-0.3, -0.25) is 0 Å². The van der Waals surface area contributed by atoms with Crippen molar-refractivity contribution in [3.8, 4) is 0 Å². The average molecular weight is 303 g/mol. The van der Waals surface area contributed by atoms with E-state index < -0.39 is 5.54 Å². The van der Waals surface area contributed by atoms with Crippen molar-refractivity contribution >= 4 is 11.7 Å². The molecule has 122 valence electrons. The molecule has 0 saturated carbocycles. The molecule has 0 N–H and O–H groups in total. The Hall–Kier alpha value is -1.51. The number of anilines is 1. The summed E-state index contributed by atoms with van der Waals surface area (Å²) in [6.07, 6.45) is 1.02. The Kier molecular flexibility index (Phi) is 4.05. The molecule has 1 aromatic rings. The van der Waals surface area contributed by atoms with Gasteiger partial charge in [0.1, 0.15) is 5.54 Å². The summed E-state index contributed by atoms with van der Waals surface area (Å²) in [4.78, 5) is 14.7. The number of nitrogens with zero attached hydrogens (tertiary/aromatic N) is 1. The fourth-order valence-corrected chi connectivity index (χ4v) is 4.09. The fourth-order valence-electron chi connectivity index (χ4n) is 4.09. The molecule has 22 heavy (non-hydrogen) atoms. The number of hydrogen-bond acceptors (Lipinski definition) is 3. The van der Waals surface area contributed by atoms with E-state index in [4.69, 9.17) is 4.74 Å². The molecule has 1 aliphatic heterocycles. The number of carbonyl (C=O) groups is 1. The minimum Gasteiger partial charge on any atom is -0.467 e. The molecule has 3 nitrogen and oxygen atoms in total. The number of rotatable bonds is 2. The summed E-state index contributed by atoms with van der Waals surface area (Å²) in [5.41, 5.74) is 4.26. The van der Waals surface area contributed by atoms with Crippen LogP contribution in [0.2, 0.25) is 0 Å². The number of methoxy groups -OCH3 is 1. The van der Waals surface area contributed by atoms with E-state index in [1.54, 1.807) is 0 Å². The summed E-state index contributed by atoms with van der Waals surface area (Å²) in [5, 5.41) is 0. The van der Waals surface area contributed by atoms with Crippen molar-refractivity contribution in [1.29, 1.82) is 0 Å². The zero-order valence-corrected chi connectivity index (χ0v) is 15.2. The molecule has 0 aromatic heterocycles. The predicted molar refractivity (Wildman–Crippen MR) is 91.6 cm³/mol. The van der Waals surface area contributed by atoms with E-state index in [-0.39, 0.29) is 11.5 Å². The third kappa shape index (κ3) is 2.51.